The van der Waals surface area contributed by atoms with Crippen LogP contribution < -0.4 is 0 Å². The Balaban J connectivity index is 2.44. The highest BCUT2D eigenvalue weighted by Gasteiger charge is 2.06. The first kappa shape index (κ1) is 16.8. The molecule has 0 aromatic heterocycles. The van der Waals surface area contributed by atoms with E-state index in [9.17, 15) is 10.2 Å². The summed E-state index contributed by atoms with van der Waals surface area (Å²) in [6.45, 7) is 7.80. The van der Waals surface area contributed by atoms with Crippen LogP contribution in [0.4, 0.5) is 0 Å². The number of nitrogens with zero attached hydrogens (tertiary/aromatic N) is 1. The second-order valence-electron chi connectivity index (χ2n) is 5.48. The lowest BCUT2D eigenvalue weighted by atomic mass is 10.1. The Morgan fingerprint density at radius 3 is 2.20 bits per heavy atom. The third-order valence-corrected chi connectivity index (χ3v) is 3.66. The van der Waals surface area contributed by atoms with Crippen molar-refractivity contribution in [3.05, 3.63) is 23.8 Å². The Kier molecular flexibility index (Phi) is 8.12. The first-order valence-corrected chi connectivity index (χ1v) is 7.90. The SMILES string of the molecule is CCCCCN(CCCC)CCc1ccc(O)c(O)c1. The van der Waals surface area contributed by atoms with E-state index in [1.54, 1.807) is 12.1 Å². The maximum Gasteiger partial charge on any atom is 0.157 e. The molecule has 0 atom stereocenters. The fourth-order valence-corrected chi connectivity index (χ4v) is 2.31. The zero-order valence-corrected chi connectivity index (χ0v) is 12.9. The third-order valence-electron chi connectivity index (χ3n) is 3.66. The zero-order valence-electron chi connectivity index (χ0n) is 12.9. The third kappa shape index (κ3) is 6.29. The fourth-order valence-electron chi connectivity index (χ4n) is 2.31. The molecule has 0 saturated heterocycles. The molecule has 0 aliphatic rings. The molecule has 0 aliphatic heterocycles. The van der Waals surface area contributed by atoms with Gasteiger partial charge < -0.3 is 15.1 Å². The number of phenolic OH excluding ortho intramolecular Hbond substituents is 2. The Morgan fingerprint density at radius 2 is 1.55 bits per heavy atom. The number of benzene rings is 1. The Labute approximate surface area is 123 Å². The van der Waals surface area contributed by atoms with E-state index >= 15 is 0 Å². The molecule has 0 spiro atoms. The first-order chi connectivity index (χ1) is 9.67. The van der Waals surface area contributed by atoms with Crippen LogP contribution in [0, 0.1) is 0 Å². The first-order valence-electron chi connectivity index (χ1n) is 7.90. The highest BCUT2D eigenvalue weighted by Crippen LogP contribution is 2.25. The maximum absolute atomic E-state index is 9.52. The van der Waals surface area contributed by atoms with Crippen LogP contribution in [0.5, 0.6) is 11.5 Å². The number of hydrogen-bond donors (Lipinski definition) is 2. The average molecular weight is 279 g/mol. The molecule has 0 fully saturated rings. The highest BCUT2D eigenvalue weighted by molar-refractivity contribution is 5.40. The zero-order chi connectivity index (χ0) is 14.8. The molecule has 0 amide bonds. The largest absolute Gasteiger partial charge is 0.504 e. The van der Waals surface area contributed by atoms with E-state index in [1.165, 1.54) is 32.1 Å². The van der Waals surface area contributed by atoms with Gasteiger partial charge in [0.25, 0.3) is 0 Å². The number of phenols is 2. The average Bonchev–Trinajstić information content (AvgIpc) is 2.45. The molecule has 1 rings (SSSR count). The van der Waals surface area contributed by atoms with E-state index in [2.05, 4.69) is 18.7 Å². The molecule has 1 aromatic rings. The van der Waals surface area contributed by atoms with Gasteiger partial charge in [-0.05, 0) is 50.0 Å². The van der Waals surface area contributed by atoms with E-state index in [4.69, 9.17) is 0 Å². The van der Waals surface area contributed by atoms with Gasteiger partial charge in [0.1, 0.15) is 0 Å². The normalized spacial score (nSPS) is 11.2. The smallest absolute Gasteiger partial charge is 0.157 e. The molecule has 0 aliphatic carbocycles. The van der Waals surface area contributed by atoms with Gasteiger partial charge in [-0.2, -0.15) is 0 Å². The van der Waals surface area contributed by atoms with Crippen molar-refractivity contribution in [1.29, 1.82) is 0 Å². The molecule has 0 unspecified atom stereocenters. The van der Waals surface area contributed by atoms with Crippen LogP contribution in [0.15, 0.2) is 18.2 Å². The Hall–Kier alpha value is -1.22. The summed E-state index contributed by atoms with van der Waals surface area (Å²) in [5.74, 6) is -0.0619. The van der Waals surface area contributed by atoms with Crippen molar-refractivity contribution < 1.29 is 10.2 Å². The van der Waals surface area contributed by atoms with Crippen LogP contribution in [-0.2, 0) is 6.42 Å². The summed E-state index contributed by atoms with van der Waals surface area (Å²) in [5.41, 5.74) is 1.08. The van der Waals surface area contributed by atoms with Crippen molar-refractivity contribution in [3.63, 3.8) is 0 Å². The van der Waals surface area contributed by atoms with Crippen LogP contribution >= 0.6 is 0 Å². The summed E-state index contributed by atoms with van der Waals surface area (Å²) >= 11 is 0. The predicted molar refractivity (Wildman–Crippen MR) is 84.3 cm³/mol. The topological polar surface area (TPSA) is 43.7 Å². The van der Waals surface area contributed by atoms with Crippen molar-refractivity contribution in [2.45, 2.75) is 52.4 Å². The standard InChI is InChI=1S/C17H29NO2/c1-3-5-7-12-18(11-6-4-2)13-10-15-8-9-16(19)17(20)14-15/h8-9,14,19-20H,3-7,10-13H2,1-2H3. The van der Waals surface area contributed by atoms with Gasteiger partial charge in [-0.3, -0.25) is 0 Å². The minimum Gasteiger partial charge on any atom is -0.504 e. The quantitative estimate of drug-likeness (QED) is 0.504. The minimum absolute atomic E-state index is 0.0198. The van der Waals surface area contributed by atoms with Crippen molar-refractivity contribution >= 4 is 0 Å². The van der Waals surface area contributed by atoms with Crippen LogP contribution in [0.1, 0.15) is 51.5 Å². The summed E-state index contributed by atoms with van der Waals surface area (Å²) in [5, 5.41) is 18.8. The summed E-state index contributed by atoms with van der Waals surface area (Å²) in [7, 11) is 0. The lowest BCUT2D eigenvalue weighted by molar-refractivity contribution is 0.266. The number of unbranched alkanes of at least 4 members (excludes halogenated alkanes) is 3. The predicted octanol–water partition coefficient (Wildman–Crippen LogP) is 3.93. The van der Waals surface area contributed by atoms with Crippen LogP contribution in [0.2, 0.25) is 0 Å². The lowest BCUT2D eigenvalue weighted by Crippen LogP contribution is -2.28. The van der Waals surface area contributed by atoms with E-state index < -0.39 is 0 Å². The molecule has 0 saturated carbocycles. The molecule has 0 heterocycles. The van der Waals surface area contributed by atoms with Crippen molar-refractivity contribution in [2.75, 3.05) is 19.6 Å². The van der Waals surface area contributed by atoms with E-state index in [0.717, 1.165) is 31.6 Å². The second-order valence-corrected chi connectivity index (χ2v) is 5.48. The van der Waals surface area contributed by atoms with Gasteiger partial charge in [0, 0.05) is 6.54 Å². The molecule has 0 radical (unpaired) electrons. The summed E-state index contributed by atoms with van der Waals surface area (Å²) in [6.07, 6.45) is 7.21. The van der Waals surface area contributed by atoms with Crippen molar-refractivity contribution in [2.24, 2.45) is 0 Å². The van der Waals surface area contributed by atoms with Crippen LogP contribution in [-0.4, -0.2) is 34.7 Å². The lowest BCUT2D eigenvalue weighted by Gasteiger charge is -2.22. The molecular formula is C17H29NO2. The van der Waals surface area contributed by atoms with Crippen molar-refractivity contribution in [3.8, 4) is 11.5 Å². The van der Waals surface area contributed by atoms with Gasteiger partial charge in [0.15, 0.2) is 11.5 Å². The summed E-state index contributed by atoms with van der Waals surface area (Å²) in [6, 6.07) is 5.12. The molecular weight excluding hydrogens is 250 g/mol. The van der Waals surface area contributed by atoms with Gasteiger partial charge in [-0.1, -0.05) is 39.2 Å². The van der Waals surface area contributed by atoms with Crippen LogP contribution in [0.25, 0.3) is 0 Å². The number of hydrogen-bond acceptors (Lipinski definition) is 3. The Bertz CT molecular complexity index is 379. The number of rotatable bonds is 10. The number of aromatic hydroxyl groups is 2. The van der Waals surface area contributed by atoms with Gasteiger partial charge >= 0.3 is 0 Å². The van der Waals surface area contributed by atoms with Gasteiger partial charge in [0.05, 0.1) is 0 Å². The van der Waals surface area contributed by atoms with Gasteiger partial charge in [0.2, 0.25) is 0 Å². The van der Waals surface area contributed by atoms with E-state index in [1.807, 2.05) is 6.07 Å². The summed E-state index contributed by atoms with van der Waals surface area (Å²) < 4.78 is 0. The molecule has 3 heteroatoms. The fraction of sp³-hybridized carbons (Fsp3) is 0.647. The minimum atomic E-state index is -0.0421. The van der Waals surface area contributed by atoms with Crippen molar-refractivity contribution in [1.82, 2.24) is 4.90 Å². The molecule has 0 bridgehead atoms. The monoisotopic (exact) mass is 279 g/mol. The maximum atomic E-state index is 9.52. The highest BCUT2D eigenvalue weighted by atomic mass is 16.3. The molecule has 3 nitrogen and oxygen atoms in total. The van der Waals surface area contributed by atoms with Gasteiger partial charge in [-0.25, -0.2) is 0 Å². The van der Waals surface area contributed by atoms with Crippen LogP contribution in [0.3, 0.4) is 0 Å². The van der Waals surface area contributed by atoms with Gasteiger partial charge in [-0.15, -0.1) is 0 Å². The molecule has 1 aromatic carbocycles. The second kappa shape index (κ2) is 9.65. The molecule has 114 valence electrons. The molecule has 20 heavy (non-hydrogen) atoms. The molecule has 2 N–H and O–H groups in total. The Morgan fingerprint density at radius 1 is 0.850 bits per heavy atom. The summed E-state index contributed by atoms with van der Waals surface area (Å²) in [4.78, 5) is 2.52. The van der Waals surface area contributed by atoms with E-state index in [0.29, 0.717) is 0 Å². The van der Waals surface area contributed by atoms with E-state index in [-0.39, 0.29) is 11.5 Å².